The minimum absolute atomic E-state index is 0.0622. The third-order valence-electron chi connectivity index (χ3n) is 4.76. The molecule has 0 radical (unpaired) electrons. The van der Waals surface area contributed by atoms with E-state index in [0.29, 0.717) is 13.2 Å². The monoisotopic (exact) mass is 332 g/mol. The molecule has 1 aromatic heterocycles. The second-order valence-corrected chi connectivity index (χ2v) is 6.85. The number of pyridine rings is 1. The fraction of sp³-hybridized carbons (Fsp3) is 0.667. The number of likely N-dealkylation sites (tertiary alicyclic amines) is 1. The second kappa shape index (κ2) is 7.94. The normalized spacial score (nSPS) is 22.4. The quantitative estimate of drug-likeness (QED) is 0.837. The number of amides is 1. The van der Waals surface area contributed by atoms with Crippen molar-refractivity contribution in [3.8, 4) is 0 Å². The molecule has 1 amide bonds. The highest BCUT2D eigenvalue weighted by Crippen LogP contribution is 2.22. The summed E-state index contributed by atoms with van der Waals surface area (Å²) in [5.41, 5.74) is 0.941. The highest BCUT2D eigenvalue weighted by atomic mass is 16.5. The fourth-order valence-corrected chi connectivity index (χ4v) is 3.33. The zero-order valence-corrected chi connectivity index (χ0v) is 14.8. The number of morpholine rings is 1. The zero-order chi connectivity index (χ0) is 16.9. The molecule has 0 spiro atoms. The Morgan fingerprint density at radius 1 is 1.25 bits per heavy atom. The van der Waals surface area contributed by atoms with Gasteiger partial charge >= 0.3 is 0 Å². The molecule has 6 heteroatoms. The van der Waals surface area contributed by atoms with Crippen LogP contribution in [0.15, 0.2) is 18.2 Å². The molecule has 0 unspecified atom stereocenters. The molecule has 132 valence electrons. The number of anilines is 1. The van der Waals surface area contributed by atoms with Gasteiger partial charge in [0.2, 0.25) is 5.91 Å². The first-order chi connectivity index (χ1) is 11.6. The third kappa shape index (κ3) is 4.24. The van der Waals surface area contributed by atoms with Crippen molar-refractivity contribution in [3.05, 3.63) is 23.9 Å². The van der Waals surface area contributed by atoms with Crippen LogP contribution in [0.1, 0.15) is 31.1 Å². The predicted molar refractivity (Wildman–Crippen MR) is 94.1 cm³/mol. The highest BCUT2D eigenvalue weighted by Gasteiger charge is 2.26. The molecule has 2 saturated heterocycles. The van der Waals surface area contributed by atoms with Crippen LogP contribution in [0, 0.1) is 0 Å². The summed E-state index contributed by atoms with van der Waals surface area (Å²) in [5, 5.41) is 0. The van der Waals surface area contributed by atoms with Crippen LogP contribution < -0.4 is 4.90 Å². The molecule has 1 aromatic rings. The van der Waals surface area contributed by atoms with E-state index in [9.17, 15) is 4.79 Å². The lowest BCUT2D eigenvalue weighted by atomic mass is 10.1. The lowest BCUT2D eigenvalue weighted by molar-refractivity contribution is -0.135. The highest BCUT2D eigenvalue weighted by molar-refractivity contribution is 5.78. The standard InChI is InChI=1S/C18H28N4O2/c1-20(2)17-8-6-7-15(19-17)16-13-21(11-12-24-16)14-18(23)22-9-4-3-5-10-22/h6-8,16H,3-5,9-14H2,1-2H3/t16-/m1/s1. The molecule has 6 nitrogen and oxygen atoms in total. The van der Waals surface area contributed by atoms with Gasteiger partial charge in [0, 0.05) is 40.3 Å². The number of piperidine rings is 1. The Labute approximate surface area is 144 Å². The molecular formula is C18H28N4O2. The Hall–Kier alpha value is -1.66. The molecule has 0 N–H and O–H groups in total. The second-order valence-electron chi connectivity index (χ2n) is 6.85. The fourth-order valence-electron chi connectivity index (χ4n) is 3.33. The summed E-state index contributed by atoms with van der Waals surface area (Å²) >= 11 is 0. The first kappa shape index (κ1) is 17.2. The molecule has 3 heterocycles. The van der Waals surface area contributed by atoms with Crippen molar-refractivity contribution in [2.75, 3.05) is 58.3 Å². The maximum absolute atomic E-state index is 12.5. The number of rotatable bonds is 4. The number of nitrogens with zero attached hydrogens (tertiary/aromatic N) is 4. The van der Waals surface area contributed by atoms with Gasteiger partial charge < -0.3 is 14.5 Å². The molecule has 2 fully saturated rings. The number of carbonyl (C=O) groups is 1. The Balaban J connectivity index is 1.59. The predicted octanol–water partition coefficient (Wildman–Crippen LogP) is 1.53. The smallest absolute Gasteiger partial charge is 0.236 e. The number of hydrogen-bond donors (Lipinski definition) is 0. The molecule has 3 rings (SSSR count). The summed E-state index contributed by atoms with van der Waals surface area (Å²) in [7, 11) is 3.97. The summed E-state index contributed by atoms with van der Waals surface area (Å²) in [4.78, 5) is 23.4. The largest absolute Gasteiger partial charge is 0.369 e. The number of ether oxygens (including phenoxy) is 1. The number of aromatic nitrogens is 1. The van der Waals surface area contributed by atoms with Crippen molar-refractivity contribution in [3.63, 3.8) is 0 Å². The molecule has 24 heavy (non-hydrogen) atoms. The Kier molecular flexibility index (Phi) is 5.68. The van der Waals surface area contributed by atoms with Crippen LogP contribution in [0.2, 0.25) is 0 Å². The van der Waals surface area contributed by atoms with E-state index in [1.807, 2.05) is 42.1 Å². The van der Waals surface area contributed by atoms with Crippen molar-refractivity contribution < 1.29 is 9.53 Å². The van der Waals surface area contributed by atoms with E-state index in [4.69, 9.17) is 4.74 Å². The van der Waals surface area contributed by atoms with Gasteiger partial charge in [-0.05, 0) is 31.4 Å². The van der Waals surface area contributed by atoms with E-state index < -0.39 is 0 Å². The summed E-state index contributed by atoms with van der Waals surface area (Å²) in [6.07, 6.45) is 3.46. The molecule has 2 aliphatic rings. The van der Waals surface area contributed by atoms with Gasteiger partial charge in [-0.2, -0.15) is 0 Å². The van der Waals surface area contributed by atoms with Crippen molar-refractivity contribution >= 4 is 11.7 Å². The molecule has 0 saturated carbocycles. The van der Waals surface area contributed by atoms with Crippen LogP contribution in [0.4, 0.5) is 5.82 Å². The summed E-state index contributed by atoms with van der Waals surface area (Å²) in [6, 6.07) is 6.01. The Morgan fingerprint density at radius 2 is 2.04 bits per heavy atom. The van der Waals surface area contributed by atoms with Crippen molar-refractivity contribution in [2.45, 2.75) is 25.4 Å². The van der Waals surface area contributed by atoms with E-state index in [1.54, 1.807) is 0 Å². The lowest BCUT2D eigenvalue weighted by Gasteiger charge is -2.34. The third-order valence-corrected chi connectivity index (χ3v) is 4.76. The summed E-state index contributed by atoms with van der Waals surface area (Å²) in [5.74, 6) is 1.18. The number of hydrogen-bond acceptors (Lipinski definition) is 5. The Morgan fingerprint density at radius 3 is 2.79 bits per heavy atom. The van der Waals surface area contributed by atoms with E-state index in [-0.39, 0.29) is 12.0 Å². The Bertz CT molecular complexity index is 558. The van der Waals surface area contributed by atoms with Crippen molar-refractivity contribution in [2.24, 2.45) is 0 Å². The van der Waals surface area contributed by atoms with Gasteiger partial charge in [-0.15, -0.1) is 0 Å². The molecule has 0 bridgehead atoms. The SMILES string of the molecule is CN(C)c1cccc([C@H]2CN(CC(=O)N3CCCCC3)CCO2)n1. The summed E-state index contributed by atoms with van der Waals surface area (Å²) in [6.45, 7) is 4.50. The van der Waals surface area contributed by atoms with Gasteiger partial charge in [0.25, 0.3) is 0 Å². The maximum atomic E-state index is 12.5. The van der Waals surface area contributed by atoms with Crippen LogP contribution in [0.3, 0.4) is 0 Å². The van der Waals surface area contributed by atoms with Gasteiger partial charge in [0.15, 0.2) is 0 Å². The molecular weight excluding hydrogens is 304 g/mol. The first-order valence-corrected chi connectivity index (χ1v) is 8.89. The van der Waals surface area contributed by atoms with Crippen LogP contribution in [-0.2, 0) is 9.53 Å². The van der Waals surface area contributed by atoms with Crippen molar-refractivity contribution in [1.29, 1.82) is 0 Å². The van der Waals surface area contributed by atoms with Crippen LogP contribution in [0.5, 0.6) is 0 Å². The van der Waals surface area contributed by atoms with Crippen molar-refractivity contribution in [1.82, 2.24) is 14.8 Å². The average molecular weight is 332 g/mol. The van der Waals surface area contributed by atoms with Gasteiger partial charge in [-0.25, -0.2) is 4.98 Å². The molecule has 0 aliphatic carbocycles. The summed E-state index contributed by atoms with van der Waals surface area (Å²) < 4.78 is 5.91. The lowest BCUT2D eigenvalue weighted by Crippen LogP contribution is -2.46. The first-order valence-electron chi connectivity index (χ1n) is 8.89. The maximum Gasteiger partial charge on any atom is 0.236 e. The molecule has 2 aliphatic heterocycles. The van der Waals surface area contributed by atoms with E-state index in [2.05, 4.69) is 9.88 Å². The molecule has 1 atom stereocenters. The minimum Gasteiger partial charge on any atom is -0.369 e. The van der Waals surface area contributed by atoms with Gasteiger partial charge in [0.05, 0.1) is 18.8 Å². The van der Waals surface area contributed by atoms with Gasteiger partial charge in [-0.3, -0.25) is 9.69 Å². The topological polar surface area (TPSA) is 48.9 Å². The minimum atomic E-state index is -0.0622. The van der Waals surface area contributed by atoms with Crippen LogP contribution >= 0.6 is 0 Å². The zero-order valence-electron chi connectivity index (χ0n) is 14.8. The average Bonchev–Trinajstić information content (AvgIpc) is 2.63. The van der Waals surface area contributed by atoms with E-state index in [0.717, 1.165) is 50.5 Å². The van der Waals surface area contributed by atoms with E-state index >= 15 is 0 Å². The van der Waals surface area contributed by atoms with Crippen LogP contribution in [0.25, 0.3) is 0 Å². The van der Waals surface area contributed by atoms with Gasteiger partial charge in [-0.1, -0.05) is 6.07 Å². The van der Waals surface area contributed by atoms with Crippen LogP contribution in [-0.4, -0.2) is 74.1 Å². The van der Waals surface area contributed by atoms with E-state index in [1.165, 1.54) is 6.42 Å². The molecule has 0 aromatic carbocycles. The van der Waals surface area contributed by atoms with Gasteiger partial charge in [0.1, 0.15) is 11.9 Å². The number of carbonyl (C=O) groups excluding carboxylic acids is 1.